The van der Waals surface area contributed by atoms with E-state index in [-0.39, 0.29) is 29.2 Å². The molecule has 4 nitrogen and oxygen atoms in total. The van der Waals surface area contributed by atoms with Crippen LogP contribution in [0.5, 0.6) is 0 Å². The zero-order chi connectivity index (χ0) is 18.9. The number of benzene rings is 2. The largest absolute Gasteiger partial charge is 0.312 e. The summed E-state index contributed by atoms with van der Waals surface area (Å²) >= 11 is 0. The number of amides is 1. The minimum Gasteiger partial charge on any atom is -0.312 e. The van der Waals surface area contributed by atoms with Crippen molar-refractivity contribution in [2.24, 2.45) is 0 Å². The van der Waals surface area contributed by atoms with Gasteiger partial charge < -0.3 is 4.90 Å². The van der Waals surface area contributed by atoms with E-state index in [1.807, 2.05) is 0 Å². The third kappa shape index (κ3) is 3.77. The van der Waals surface area contributed by atoms with Crippen LogP contribution in [0.25, 0.3) is 0 Å². The Labute approximate surface area is 151 Å². The van der Waals surface area contributed by atoms with Crippen LogP contribution in [0.2, 0.25) is 0 Å². The molecule has 0 atom stereocenters. The SMILES string of the molecule is CS(=O)(=O)c1ccc2c(c1)CCCN2C(=O)CCc1cccc(F)c1F. The lowest BCUT2D eigenvalue weighted by Gasteiger charge is -2.30. The van der Waals surface area contributed by atoms with Crippen molar-refractivity contribution in [3.8, 4) is 0 Å². The zero-order valence-electron chi connectivity index (χ0n) is 14.3. The van der Waals surface area contributed by atoms with Gasteiger partial charge in [-0.05, 0) is 54.7 Å². The molecule has 0 spiro atoms. The second-order valence-electron chi connectivity index (χ2n) is 6.42. The molecule has 3 rings (SSSR count). The van der Waals surface area contributed by atoms with Crippen molar-refractivity contribution < 1.29 is 22.0 Å². The van der Waals surface area contributed by atoms with Gasteiger partial charge in [0.15, 0.2) is 21.5 Å². The Hall–Kier alpha value is -2.28. The predicted molar refractivity (Wildman–Crippen MR) is 94.9 cm³/mol. The number of sulfone groups is 1. The molecule has 1 aliphatic heterocycles. The van der Waals surface area contributed by atoms with Gasteiger partial charge in [0, 0.05) is 24.9 Å². The van der Waals surface area contributed by atoms with E-state index >= 15 is 0 Å². The van der Waals surface area contributed by atoms with Crippen LogP contribution in [0.4, 0.5) is 14.5 Å². The normalized spacial score (nSPS) is 14.2. The lowest BCUT2D eigenvalue weighted by molar-refractivity contribution is -0.118. The quantitative estimate of drug-likeness (QED) is 0.819. The monoisotopic (exact) mass is 379 g/mol. The number of carbonyl (C=O) groups is 1. The van der Waals surface area contributed by atoms with E-state index in [0.717, 1.165) is 24.3 Å². The average Bonchev–Trinajstić information content (AvgIpc) is 2.61. The molecular weight excluding hydrogens is 360 g/mol. The standard InChI is InChI=1S/C19H19F2NO3S/c1-26(24,25)15-8-9-17-14(12-15)5-3-11-22(17)18(23)10-7-13-4-2-6-16(20)19(13)21/h2,4,6,8-9,12H,3,5,7,10-11H2,1H3. The zero-order valence-corrected chi connectivity index (χ0v) is 15.2. The molecule has 0 unspecified atom stereocenters. The Balaban J connectivity index is 1.78. The van der Waals surface area contributed by atoms with Gasteiger partial charge in [0.05, 0.1) is 4.90 Å². The summed E-state index contributed by atoms with van der Waals surface area (Å²) in [7, 11) is -3.31. The maximum Gasteiger partial charge on any atom is 0.227 e. The number of carbonyl (C=O) groups excluding carboxylic acids is 1. The lowest BCUT2D eigenvalue weighted by Crippen LogP contribution is -2.35. The summed E-state index contributed by atoms with van der Waals surface area (Å²) in [6.07, 6.45) is 2.72. The van der Waals surface area contributed by atoms with E-state index in [4.69, 9.17) is 0 Å². The van der Waals surface area contributed by atoms with Crippen LogP contribution in [-0.2, 0) is 27.5 Å². The smallest absolute Gasteiger partial charge is 0.227 e. The van der Waals surface area contributed by atoms with Crippen LogP contribution in [0.3, 0.4) is 0 Å². The van der Waals surface area contributed by atoms with Crippen molar-refractivity contribution >= 4 is 21.4 Å². The first-order valence-corrected chi connectivity index (χ1v) is 10.2. The molecule has 138 valence electrons. The third-order valence-corrected chi connectivity index (χ3v) is 5.65. The minimum atomic E-state index is -3.31. The molecule has 0 aromatic heterocycles. The first-order valence-electron chi connectivity index (χ1n) is 8.33. The van der Waals surface area contributed by atoms with Crippen LogP contribution >= 0.6 is 0 Å². The van der Waals surface area contributed by atoms with Gasteiger partial charge in [0.25, 0.3) is 0 Å². The van der Waals surface area contributed by atoms with Crippen LogP contribution < -0.4 is 4.90 Å². The highest BCUT2D eigenvalue weighted by Gasteiger charge is 2.24. The summed E-state index contributed by atoms with van der Waals surface area (Å²) in [5.41, 5.74) is 1.67. The summed E-state index contributed by atoms with van der Waals surface area (Å²) < 4.78 is 50.4. The molecule has 1 amide bonds. The van der Waals surface area contributed by atoms with Gasteiger partial charge in [-0.3, -0.25) is 4.79 Å². The summed E-state index contributed by atoms with van der Waals surface area (Å²) in [6.45, 7) is 0.523. The molecule has 7 heteroatoms. The average molecular weight is 379 g/mol. The van der Waals surface area contributed by atoms with Crippen molar-refractivity contribution in [3.05, 3.63) is 59.2 Å². The fraction of sp³-hybridized carbons (Fsp3) is 0.316. The Kier molecular flexibility index (Phi) is 5.09. The van der Waals surface area contributed by atoms with Gasteiger partial charge in [-0.15, -0.1) is 0 Å². The number of hydrogen-bond donors (Lipinski definition) is 0. The Morgan fingerprint density at radius 1 is 1.19 bits per heavy atom. The molecule has 1 aliphatic rings. The highest BCUT2D eigenvalue weighted by Crippen LogP contribution is 2.30. The number of aryl methyl sites for hydroxylation is 2. The predicted octanol–water partition coefficient (Wildman–Crippen LogP) is 3.28. The number of fused-ring (bicyclic) bond motifs is 1. The van der Waals surface area contributed by atoms with E-state index in [2.05, 4.69) is 0 Å². The summed E-state index contributed by atoms with van der Waals surface area (Å²) in [5, 5.41) is 0. The van der Waals surface area contributed by atoms with E-state index < -0.39 is 21.5 Å². The van der Waals surface area contributed by atoms with E-state index in [1.54, 1.807) is 17.0 Å². The van der Waals surface area contributed by atoms with Gasteiger partial charge in [-0.1, -0.05) is 12.1 Å². The second kappa shape index (κ2) is 7.15. The number of halogens is 2. The molecule has 0 saturated carbocycles. The number of hydrogen-bond acceptors (Lipinski definition) is 3. The number of rotatable bonds is 4. The molecule has 0 saturated heterocycles. The van der Waals surface area contributed by atoms with Crippen molar-refractivity contribution in [3.63, 3.8) is 0 Å². The first kappa shape index (κ1) is 18.5. The van der Waals surface area contributed by atoms with E-state index in [9.17, 15) is 22.0 Å². The Morgan fingerprint density at radius 2 is 1.96 bits per heavy atom. The highest BCUT2D eigenvalue weighted by molar-refractivity contribution is 7.90. The van der Waals surface area contributed by atoms with Crippen LogP contribution in [0.15, 0.2) is 41.3 Å². The van der Waals surface area contributed by atoms with Gasteiger partial charge in [0.2, 0.25) is 5.91 Å². The van der Waals surface area contributed by atoms with Crippen LogP contribution in [0, 0.1) is 11.6 Å². The second-order valence-corrected chi connectivity index (χ2v) is 8.44. The van der Waals surface area contributed by atoms with Gasteiger partial charge >= 0.3 is 0 Å². The van der Waals surface area contributed by atoms with Crippen molar-refractivity contribution in [1.29, 1.82) is 0 Å². The van der Waals surface area contributed by atoms with Crippen molar-refractivity contribution in [1.82, 2.24) is 0 Å². The van der Waals surface area contributed by atoms with Gasteiger partial charge in [-0.2, -0.15) is 0 Å². The molecule has 26 heavy (non-hydrogen) atoms. The van der Waals surface area contributed by atoms with Crippen molar-refractivity contribution in [2.75, 3.05) is 17.7 Å². The maximum absolute atomic E-state index is 13.7. The fourth-order valence-electron chi connectivity index (χ4n) is 3.18. The Bertz CT molecular complexity index is 957. The van der Waals surface area contributed by atoms with E-state index in [1.165, 1.54) is 18.2 Å². The number of anilines is 1. The van der Waals surface area contributed by atoms with Crippen LogP contribution in [0.1, 0.15) is 24.0 Å². The molecule has 2 aromatic rings. The Morgan fingerprint density at radius 3 is 2.69 bits per heavy atom. The van der Waals surface area contributed by atoms with Gasteiger partial charge in [-0.25, -0.2) is 17.2 Å². The number of nitrogens with zero attached hydrogens (tertiary/aromatic N) is 1. The summed E-state index contributed by atoms with van der Waals surface area (Å²) in [5.74, 6) is -2.04. The summed E-state index contributed by atoms with van der Waals surface area (Å²) in [6, 6.07) is 8.67. The molecule has 0 N–H and O–H groups in total. The van der Waals surface area contributed by atoms with Crippen molar-refractivity contribution in [2.45, 2.75) is 30.6 Å². The maximum atomic E-state index is 13.7. The van der Waals surface area contributed by atoms with E-state index in [0.29, 0.717) is 18.7 Å². The molecule has 0 radical (unpaired) electrons. The van der Waals surface area contributed by atoms with Crippen LogP contribution in [-0.4, -0.2) is 27.1 Å². The topological polar surface area (TPSA) is 54.5 Å². The molecular formula is C19H19F2NO3S. The fourth-order valence-corrected chi connectivity index (χ4v) is 3.85. The molecule has 2 aromatic carbocycles. The first-order chi connectivity index (χ1) is 12.3. The molecule has 0 bridgehead atoms. The lowest BCUT2D eigenvalue weighted by atomic mass is 10.0. The van der Waals surface area contributed by atoms with Gasteiger partial charge in [0.1, 0.15) is 0 Å². The summed E-state index contributed by atoms with van der Waals surface area (Å²) in [4.78, 5) is 14.4. The molecule has 1 heterocycles. The molecule has 0 fully saturated rings. The molecule has 0 aliphatic carbocycles. The third-order valence-electron chi connectivity index (χ3n) is 4.54. The minimum absolute atomic E-state index is 0.0492. The highest BCUT2D eigenvalue weighted by atomic mass is 32.2.